The topological polar surface area (TPSA) is 75.9 Å². The molecule has 118 valence electrons. The maximum absolute atomic E-state index is 12.3. The Labute approximate surface area is 130 Å². The summed E-state index contributed by atoms with van der Waals surface area (Å²) in [6.07, 6.45) is 0.895. The molecule has 0 saturated heterocycles. The number of carbonyl (C=O) groups excluding carboxylic acids is 1. The Bertz CT molecular complexity index is 603. The number of hydrogen-bond donors (Lipinski definition) is 1. The summed E-state index contributed by atoms with van der Waals surface area (Å²) in [4.78, 5) is 14.5. The van der Waals surface area contributed by atoms with E-state index in [1.54, 1.807) is 4.68 Å². The molecule has 0 spiro atoms. The van der Waals surface area contributed by atoms with Crippen molar-refractivity contribution in [1.82, 2.24) is 20.2 Å². The number of anilines is 2. The lowest BCUT2D eigenvalue weighted by Gasteiger charge is -2.21. The lowest BCUT2D eigenvalue weighted by molar-refractivity contribution is 0.102. The number of nitrogens with one attached hydrogen (secondary N) is 1. The van der Waals surface area contributed by atoms with Crippen molar-refractivity contribution in [1.29, 1.82) is 0 Å². The largest absolute Gasteiger partial charge is 0.372 e. The lowest BCUT2D eigenvalue weighted by atomic mass is 10.2. The van der Waals surface area contributed by atoms with Crippen molar-refractivity contribution in [3.8, 4) is 0 Å². The van der Waals surface area contributed by atoms with Crippen molar-refractivity contribution < 1.29 is 4.79 Å². The van der Waals surface area contributed by atoms with Gasteiger partial charge in [0.2, 0.25) is 5.95 Å². The Morgan fingerprint density at radius 2 is 1.86 bits per heavy atom. The minimum absolute atomic E-state index is 0.210. The third-order valence-electron chi connectivity index (χ3n) is 3.45. The molecule has 2 rings (SSSR count). The van der Waals surface area contributed by atoms with Crippen molar-refractivity contribution >= 4 is 17.5 Å². The SMILES string of the molecule is CCCn1nnnc1NC(=O)c1ccc(N(CC)CC)cc1. The van der Waals surface area contributed by atoms with Gasteiger partial charge in [-0.15, -0.1) is 0 Å². The molecule has 0 bridgehead atoms. The Kier molecular flexibility index (Phi) is 5.46. The van der Waals surface area contributed by atoms with Crippen LogP contribution in [0.25, 0.3) is 0 Å². The number of hydrogen-bond acceptors (Lipinski definition) is 5. The van der Waals surface area contributed by atoms with Gasteiger partial charge >= 0.3 is 0 Å². The maximum atomic E-state index is 12.3. The average Bonchev–Trinajstić information content (AvgIpc) is 2.96. The molecule has 0 aliphatic rings. The zero-order valence-electron chi connectivity index (χ0n) is 13.3. The molecule has 0 unspecified atom stereocenters. The molecular formula is C15H22N6O. The summed E-state index contributed by atoms with van der Waals surface area (Å²) in [5, 5.41) is 14.0. The number of amides is 1. The van der Waals surface area contributed by atoms with Gasteiger partial charge in [0.1, 0.15) is 0 Å². The highest BCUT2D eigenvalue weighted by Gasteiger charge is 2.12. The third-order valence-corrected chi connectivity index (χ3v) is 3.45. The first-order valence-electron chi connectivity index (χ1n) is 7.62. The molecule has 1 heterocycles. The molecule has 0 saturated carbocycles. The number of nitrogens with zero attached hydrogens (tertiary/aromatic N) is 5. The summed E-state index contributed by atoms with van der Waals surface area (Å²) in [7, 11) is 0. The van der Waals surface area contributed by atoms with Crippen molar-refractivity contribution in [3.05, 3.63) is 29.8 Å². The van der Waals surface area contributed by atoms with Crippen molar-refractivity contribution in [3.63, 3.8) is 0 Å². The molecule has 1 aromatic carbocycles. The van der Waals surface area contributed by atoms with Crippen LogP contribution in [-0.4, -0.2) is 39.2 Å². The zero-order chi connectivity index (χ0) is 15.9. The van der Waals surface area contributed by atoms with E-state index in [0.29, 0.717) is 18.1 Å². The van der Waals surface area contributed by atoms with Gasteiger partial charge in [-0.3, -0.25) is 10.1 Å². The second kappa shape index (κ2) is 7.53. The Hall–Kier alpha value is -2.44. The molecule has 7 heteroatoms. The maximum Gasteiger partial charge on any atom is 0.258 e. The van der Waals surface area contributed by atoms with Crippen LogP contribution < -0.4 is 10.2 Å². The first-order chi connectivity index (χ1) is 10.7. The monoisotopic (exact) mass is 302 g/mol. The molecule has 1 N–H and O–H groups in total. The van der Waals surface area contributed by atoms with Gasteiger partial charge in [0.25, 0.3) is 5.91 Å². The van der Waals surface area contributed by atoms with E-state index in [4.69, 9.17) is 0 Å². The van der Waals surface area contributed by atoms with Gasteiger partial charge in [0.05, 0.1) is 0 Å². The van der Waals surface area contributed by atoms with E-state index < -0.39 is 0 Å². The van der Waals surface area contributed by atoms with Crippen molar-refractivity contribution in [2.24, 2.45) is 0 Å². The normalized spacial score (nSPS) is 10.5. The van der Waals surface area contributed by atoms with Crippen LogP contribution in [0.4, 0.5) is 11.6 Å². The van der Waals surface area contributed by atoms with Gasteiger partial charge < -0.3 is 4.90 Å². The minimum Gasteiger partial charge on any atom is -0.372 e. The summed E-state index contributed by atoms with van der Waals surface area (Å²) in [5.74, 6) is 0.165. The quantitative estimate of drug-likeness (QED) is 0.848. The molecule has 0 atom stereocenters. The van der Waals surface area contributed by atoms with Gasteiger partial charge in [-0.2, -0.15) is 0 Å². The molecule has 22 heavy (non-hydrogen) atoms. The van der Waals surface area contributed by atoms with Gasteiger partial charge in [0, 0.05) is 30.9 Å². The van der Waals surface area contributed by atoms with E-state index in [1.807, 2.05) is 31.2 Å². The van der Waals surface area contributed by atoms with Gasteiger partial charge in [-0.05, 0) is 55.0 Å². The van der Waals surface area contributed by atoms with Crippen molar-refractivity contribution in [2.75, 3.05) is 23.3 Å². The average molecular weight is 302 g/mol. The van der Waals surface area contributed by atoms with Crippen LogP contribution in [-0.2, 0) is 6.54 Å². The molecule has 1 aromatic heterocycles. The smallest absolute Gasteiger partial charge is 0.258 e. The van der Waals surface area contributed by atoms with Crippen LogP contribution in [0.3, 0.4) is 0 Å². The van der Waals surface area contributed by atoms with Crippen LogP contribution in [0.2, 0.25) is 0 Å². The van der Waals surface area contributed by atoms with E-state index in [9.17, 15) is 4.79 Å². The molecule has 0 fully saturated rings. The van der Waals surface area contributed by atoms with E-state index in [1.165, 1.54) is 0 Å². The second-order valence-electron chi connectivity index (χ2n) is 4.90. The fourth-order valence-electron chi connectivity index (χ4n) is 2.24. The van der Waals surface area contributed by atoms with Crippen LogP contribution in [0.15, 0.2) is 24.3 Å². The zero-order valence-corrected chi connectivity index (χ0v) is 13.3. The molecule has 2 aromatic rings. The minimum atomic E-state index is -0.210. The van der Waals surface area contributed by atoms with E-state index in [2.05, 4.69) is 39.6 Å². The predicted octanol–water partition coefficient (Wildman–Crippen LogP) is 2.18. The van der Waals surface area contributed by atoms with Gasteiger partial charge in [-0.1, -0.05) is 12.0 Å². The Balaban J connectivity index is 2.08. The molecule has 0 aliphatic carbocycles. The number of carbonyl (C=O) groups is 1. The van der Waals surface area contributed by atoms with E-state index in [0.717, 1.165) is 25.2 Å². The highest BCUT2D eigenvalue weighted by atomic mass is 16.1. The summed E-state index contributed by atoms with van der Waals surface area (Å²) in [6.45, 7) is 8.79. The highest BCUT2D eigenvalue weighted by molar-refractivity contribution is 6.03. The molecule has 7 nitrogen and oxygen atoms in total. The predicted molar refractivity (Wildman–Crippen MR) is 86.1 cm³/mol. The lowest BCUT2D eigenvalue weighted by Crippen LogP contribution is -2.22. The third kappa shape index (κ3) is 3.60. The van der Waals surface area contributed by atoms with E-state index in [-0.39, 0.29) is 5.91 Å². The number of aromatic nitrogens is 4. The number of benzene rings is 1. The molecule has 0 radical (unpaired) electrons. The molecule has 0 aliphatic heterocycles. The van der Waals surface area contributed by atoms with Crippen LogP contribution >= 0.6 is 0 Å². The van der Waals surface area contributed by atoms with Gasteiger partial charge in [-0.25, -0.2) is 4.68 Å². The summed E-state index contributed by atoms with van der Waals surface area (Å²) in [6, 6.07) is 7.54. The van der Waals surface area contributed by atoms with Crippen molar-refractivity contribution in [2.45, 2.75) is 33.7 Å². The first-order valence-corrected chi connectivity index (χ1v) is 7.62. The van der Waals surface area contributed by atoms with Gasteiger partial charge in [0.15, 0.2) is 0 Å². The summed E-state index contributed by atoms with van der Waals surface area (Å²) >= 11 is 0. The Morgan fingerprint density at radius 3 is 2.45 bits per heavy atom. The number of tetrazole rings is 1. The molecular weight excluding hydrogens is 280 g/mol. The summed E-state index contributed by atoms with van der Waals surface area (Å²) in [5.41, 5.74) is 1.69. The number of rotatable bonds is 7. The van der Waals surface area contributed by atoms with E-state index >= 15 is 0 Å². The summed E-state index contributed by atoms with van der Waals surface area (Å²) < 4.78 is 1.59. The van der Waals surface area contributed by atoms with Crippen LogP contribution in [0.1, 0.15) is 37.6 Å². The fourth-order valence-corrected chi connectivity index (χ4v) is 2.24. The second-order valence-corrected chi connectivity index (χ2v) is 4.90. The standard InChI is InChI=1S/C15H22N6O/c1-4-11-21-15(17-18-19-21)16-14(22)12-7-9-13(10-8-12)20(5-2)6-3/h7-10H,4-6,11H2,1-3H3,(H,16,17,19,22). The van der Waals surface area contributed by atoms with Crippen LogP contribution in [0, 0.1) is 0 Å². The fraction of sp³-hybridized carbons (Fsp3) is 0.467. The molecule has 1 amide bonds. The highest BCUT2D eigenvalue weighted by Crippen LogP contribution is 2.15. The first kappa shape index (κ1) is 15.9. The Morgan fingerprint density at radius 1 is 1.18 bits per heavy atom. The van der Waals surface area contributed by atoms with Crippen LogP contribution in [0.5, 0.6) is 0 Å². The number of aryl methyl sites for hydroxylation is 1.